The molecule has 1 atom stereocenters. The SMILES string of the molecule is CC(O)C1CCN(Cc2cc(N)cc(F)c2)CC1. The topological polar surface area (TPSA) is 49.5 Å². The van der Waals surface area contributed by atoms with Crippen molar-refractivity contribution in [2.45, 2.75) is 32.4 Å². The number of aliphatic hydroxyl groups excluding tert-OH is 1. The van der Waals surface area contributed by atoms with Gasteiger partial charge in [-0.1, -0.05) is 0 Å². The van der Waals surface area contributed by atoms with Gasteiger partial charge in [-0.05, 0) is 62.5 Å². The van der Waals surface area contributed by atoms with E-state index in [2.05, 4.69) is 4.90 Å². The second kappa shape index (κ2) is 5.67. The molecule has 0 aliphatic carbocycles. The highest BCUT2D eigenvalue weighted by molar-refractivity contribution is 5.41. The molecule has 100 valence electrons. The molecule has 0 aromatic heterocycles. The molecule has 0 saturated carbocycles. The fraction of sp³-hybridized carbons (Fsp3) is 0.571. The van der Waals surface area contributed by atoms with Crippen molar-refractivity contribution >= 4 is 5.69 Å². The van der Waals surface area contributed by atoms with Crippen LogP contribution >= 0.6 is 0 Å². The summed E-state index contributed by atoms with van der Waals surface area (Å²) in [4.78, 5) is 2.28. The molecule has 4 heteroatoms. The fourth-order valence-electron chi connectivity index (χ4n) is 2.62. The summed E-state index contributed by atoms with van der Waals surface area (Å²) in [5.74, 6) is 0.127. The molecule has 1 aliphatic heterocycles. The Morgan fingerprint density at radius 2 is 2.06 bits per heavy atom. The number of hydrogen-bond donors (Lipinski definition) is 2. The minimum absolute atomic E-state index is 0.225. The molecule has 1 aliphatic rings. The van der Waals surface area contributed by atoms with E-state index in [0.717, 1.165) is 38.0 Å². The van der Waals surface area contributed by atoms with Crippen LogP contribution in [0.15, 0.2) is 18.2 Å². The van der Waals surface area contributed by atoms with Crippen molar-refractivity contribution in [3.63, 3.8) is 0 Å². The molecule has 1 heterocycles. The van der Waals surface area contributed by atoms with Crippen molar-refractivity contribution < 1.29 is 9.50 Å². The van der Waals surface area contributed by atoms with E-state index in [1.165, 1.54) is 12.1 Å². The Morgan fingerprint density at radius 3 is 2.61 bits per heavy atom. The zero-order chi connectivity index (χ0) is 13.1. The van der Waals surface area contributed by atoms with Gasteiger partial charge >= 0.3 is 0 Å². The van der Waals surface area contributed by atoms with Crippen LogP contribution in [-0.4, -0.2) is 29.2 Å². The molecular formula is C14H21FN2O. The number of nitrogen functional groups attached to an aromatic ring is 1. The molecule has 1 saturated heterocycles. The number of nitrogens with two attached hydrogens (primary N) is 1. The fourth-order valence-corrected chi connectivity index (χ4v) is 2.62. The molecule has 0 spiro atoms. The lowest BCUT2D eigenvalue weighted by Gasteiger charge is -2.33. The number of halogens is 1. The quantitative estimate of drug-likeness (QED) is 0.809. The van der Waals surface area contributed by atoms with E-state index in [9.17, 15) is 9.50 Å². The van der Waals surface area contributed by atoms with Gasteiger partial charge in [-0.15, -0.1) is 0 Å². The van der Waals surface area contributed by atoms with Crippen LogP contribution in [0.4, 0.5) is 10.1 Å². The van der Waals surface area contributed by atoms with E-state index in [-0.39, 0.29) is 11.9 Å². The van der Waals surface area contributed by atoms with Gasteiger partial charge in [-0.3, -0.25) is 4.90 Å². The second-order valence-corrected chi connectivity index (χ2v) is 5.25. The van der Waals surface area contributed by atoms with Crippen LogP contribution in [0, 0.1) is 11.7 Å². The van der Waals surface area contributed by atoms with Crippen LogP contribution in [0.2, 0.25) is 0 Å². The Labute approximate surface area is 107 Å². The highest BCUT2D eigenvalue weighted by atomic mass is 19.1. The first kappa shape index (κ1) is 13.3. The van der Waals surface area contributed by atoms with E-state index in [4.69, 9.17) is 5.73 Å². The average Bonchev–Trinajstić information content (AvgIpc) is 2.28. The van der Waals surface area contributed by atoms with E-state index < -0.39 is 0 Å². The minimum atomic E-state index is -0.274. The Morgan fingerprint density at radius 1 is 1.39 bits per heavy atom. The van der Waals surface area contributed by atoms with Crippen molar-refractivity contribution in [2.24, 2.45) is 5.92 Å². The van der Waals surface area contributed by atoms with Crippen LogP contribution < -0.4 is 5.73 Å². The van der Waals surface area contributed by atoms with E-state index in [1.807, 2.05) is 13.0 Å². The molecule has 1 unspecified atom stereocenters. The van der Waals surface area contributed by atoms with Crippen LogP contribution in [0.3, 0.4) is 0 Å². The van der Waals surface area contributed by atoms with Crippen molar-refractivity contribution in [3.05, 3.63) is 29.6 Å². The Bertz CT molecular complexity index is 381. The normalized spacial score (nSPS) is 19.9. The Kier molecular flexibility index (Phi) is 4.19. The summed E-state index contributed by atoms with van der Waals surface area (Å²) in [6.45, 7) is 4.49. The first-order chi connectivity index (χ1) is 8.54. The Hall–Kier alpha value is -1.13. The van der Waals surface area contributed by atoms with Gasteiger partial charge in [0.25, 0.3) is 0 Å². The summed E-state index contributed by atoms with van der Waals surface area (Å²) in [5.41, 5.74) is 7.03. The van der Waals surface area contributed by atoms with Crippen molar-refractivity contribution in [2.75, 3.05) is 18.8 Å². The number of rotatable bonds is 3. The molecule has 1 aromatic rings. The molecule has 0 amide bonds. The molecule has 1 fully saturated rings. The van der Waals surface area contributed by atoms with Crippen molar-refractivity contribution in [1.82, 2.24) is 4.90 Å². The summed E-state index contributed by atoms with van der Waals surface area (Å²) < 4.78 is 13.2. The summed E-state index contributed by atoms with van der Waals surface area (Å²) in [7, 11) is 0. The number of hydrogen-bond acceptors (Lipinski definition) is 3. The number of aliphatic hydroxyl groups is 1. The third-order valence-electron chi connectivity index (χ3n) is 3.70. The maximum atomic E-state index is 13.2. The van der Waals surface area contributed by atoms with Gasteiger partial charge in [-0.25, -0.2) is 4.39 Å². The van der Waals surface area contributed by atoms with E-state index in [1.54, 1.807) is 0 Å². The monoisotopic (exact) mass is 252 g/mol. The van der Waals surface area contributed by atoms with Crippen LogP contribution in [-0.2, 0) is 6.54 Å². The minimum Gasteiger partial charge on any atom is -0.399 e. The average molecular weight is 252 g/mol. The van der Waals surface area contributed by atoms with Gasteiger partial charge < -0.3 is 10.8 Å². The molecular weight excluding hydrogens is 231 g/mol. The van der Waals surface area contributed by atoms with Crippen LogP contribution in [0.25, 0.3) is 0 Å². The smallest absolute Gasteiger partial charge is 0.125 e. The first-order valence-corrected chi connectivity index (χ1v) is 6.50. The number of piperidine rings is 1. The third-order valence-corrected chi connectivity index (χ3v) is 3.70. The summed E-state index contributed by atoms with van der Waals surface area (Å²) in [6, 6.07) is 4.70. The maximum Gasteiger partial charge on any atom is 0.125 e. The number of anilines is 1. The third kappa shape index (κ3) is 3.43. The Balaban J connectivity index is 1.91. The molecule has 3 nitrogen and oxygen atoms in total. The van der Waals surface area contributed by atoms with Gasteiger partial charge in [0, 0.05) is 12.2 Å². The predicted octanol–water partition coefficient (Wildman–Crippen LogP) is 2.00. The van der Waals surface area contributed by atoms with Gasteiger partial charge in [-0.2, -0.15) is 0 Å². The molecule has 2 rings (SSSR count). The second-order valence-electron chi connectivity index (χ2n) is 5.25. The van der Waals surface area contributed by atoms with Gasteiger partial charge in [0.15, 0.2) is 0 Å². The summed E-state index contributed by atoms with van der Waals surface area (Å²) in [5, 5.41) is 9.54. The number of benzene rings is 1. The van der Waals surface area contributed by atoms with Gasteiger partial charge in [0.2, 0.25) is 0 Å². The predicted molar refractivity (Wildman–Crippen MR) is 70.5 cm³/mol. The molecule has 0 bridgehead atoms. The highest BCUT2D eigenvalue weighted by Gasteiger charge is 2.22. The first-order valence-electron chi connectivity index (χ1n) is 6.50. The molecule has 0 radical (unpaired) electrons. The van der Waals surface area contributed by atoms with Gasteiger partial charge in [0.05, 0.1) is 6.10 Å². The highest BCUT2D eigenvalue weighted by Crippen LogP contribution is 2.22. The summed E-state index contributed by atoms with van der Waals surface area (Å²) in [6.07, 6.45) is 1.78. The van der Waals surface area contributed by atoms with E-state index >= 15 is 0 Å². The lowest BCUT2D eigenvalue weighted by Crippen LogP contribution is -2.36. The largest absolute Gasteiger partial charge is 0.399 e. The van der Waals surface area contributed by atoms with Crippen LogP contribution in [0.1, 0.15) is 25.3 Å². The standard InChI is InChI=1S/C14H21FN2O/c1-10(18)12-2-4-17(5-3-12)9-11-6-13(15)8-14(16)7-11/h6-8,10,12,18H,2-5,9,16H2,1H3. The number of nitrogens with zero attached hydrogens (tertiary/aromatic N) is 1. The maximum absolute atomic E-state index is 13.2. The zero-order valence-corrected chi connectivity index (χ0v) is 10.8. The molecule has 18 heavy (non-hydrogen) atoms. The summed E-state index contributed by atoms with van der Waals surface area (Å²) >= 11 is 0. The van der Waals surface area contributed by atoms with E-state index in [0.29, 0.717) is 11.6 Å². The zero-order valence-electron chi connectivity index (χ0n) is 10.8. The number of likely N-dealkylation sites (tertiary alicyclic amines) is 1. The molecule has 3 N–H and O–H groups in total. The van der Waals surface area contributed by atoms with Crippen LogP contribution in [0.5, 0.6) is 0 Å². The van der Waals surface area contributed by atoms with Crippen molar-refractivity contribution in [3.8, 4) is 0 Å². The molecule has 1 aromatic carbocycles. The van der Waals surface area contributed by atoms with Gasteiger partial charge in [0.1, 0.15) is 5.82 Å². The van der Waals surface area contributed by atoms with Crippen molar-refractivity contribution in [1.29, 1.82) is 0 Å². The lowest BCUT2D eigenvalue weighted by molar-refractivity contribution is 0.0695. The lowest BCUT2D eigenvalue weighted by atomic mass is 9.92.